The lowest BCUT2D eigenvalue weighted by Crippen LogP contribution is -2.21. The summed E-state index contributed by atoms with van der Waals surface area (Å²) >= 11 is 5.92. The smallest absolute Gasteiger partial charge is 0.322 e. The number of aromatic nitrogens is 3. The van der Waals surface area contributed by atoms with Gasteiger partial charge < -0.3 is 5.32 Å². The first kappa shape index (κ1) is 18.5. The Bertz CT molecular complexity index is 1050. The van der Waals surface area contributed by atoms with E-state index in [4.69, 9.17) is 18.0 Å². The van der Waals surface area contributed by atoms with E-state index in [9.17, 15) is 18.0 Å². The summed E-state index contributed by atoms with van der Waals surface area (Å²) in [6.07, 6.45) is 2.49. The Hall–Kier alpha value is -3.31. The molecule has 136 valence electrons. The fraction of sp³-hybridized carbons (Fsp3) is 0.0556. The molecule has 1 aromatic carbocycles. The predicted octanol–water partition coefficient (Wildman–Crippen LogP) is 4.17. The zero-order valence-electron chi connectivity index (χ0n) is 13.5. The molecule has 0 saturated carbocycles. The van der Waals surface area contributed by atoms with Crippen LogP contribution in [-0.4, -0.2) is 20.7 Å². The van der Waals surface area contributed by atoms with Crippen molar-refractivity contribution in [2.75, 3.05) is 5.32 Å². The minimum Gasteiger partial charge on any atom is -0.322 e. The van der Waals surface area contributed by atoms with Gasteiger partial charge in [-0.2, -0.15) is 18.3 Å². The van der Waals surface area contributed by atoms with Crippen molar-refractivity contribution in [2.45, 2.75) is 6.18 Å². The van der Waals surface area contributed by atoms with Crippen LogP contribution in [-0.2, 0) is 6.18 Å². The van der Waals surface area contributed by atoms with Crippen LogP contribution >= 0.6 is 11.6 Å². The molecule has 2 aromatic heterocycles. The van der Waals surface area contributed by atoms with Gasteiger partial charge in [-0.3, -0.25) is 4.79 Å². The molecule has 0 aliphatic heterocycles. The van der Waals surface area contributed by atoms with E-state index in [0.717, 1.165) is 6.20 Å². The van der Waals surface area contributed by atoms with Crippen LogP contribution in [0.1, 0.15) is 21.6 Å². The lowest BCUT2D eigenvalue weighted by atomic mass is 10.2. The first-order valence-corrected chi connectivity index (χ1v) is 7.83. The van der Waals surface area contributed by atoms with Gasteiger partial charge in [-0.15, -0.1) is 6.42 Å². The van der Waals surface area contributed by atoms with Gasteiger partial charge in [0.15, 0.2) is 11.5 Å². The molecule has 0 atom stereocenters. The summed E-state index contributed by atoms with van der Waals surface area (Å²) in [5.41, 5.74) is -1.23. The molecule has 0 unspecified atom stereocenters. The molecule has 0 bridgehead atoms. The van der Waals surface area contributed by atoms with Crippen LogP contribution in [0.5, 0.6) is 0 Å². The summed E-state index contributed by atoms with van der Waals surface area (Å²) in [6, 6.07) is 9.01. The van der Waals surface area contributed by atoms with E-state index in [1.165, 1.54) is 30.5 Å². The van der Waals surface area contributed by atoms with E-state index < -0.39 is 23.3 Å². The van der Waals surface area contributed by atoms with Gasteiger partial charge in [-0.05, 0) is 30.3 Å². The Balaban J connectivity index is 2.04. The van der Waals surface area contributed by atoms with Gasteiger partial charge in [0.25, 0.3) is 5.91 Å². The molecule has 3 rings (SSSR count). The first-order chi connectivity index (χ1) is 12.8. The molecule has 1 N–H and O–H groups in total. The van der Waals surface area contributed by atoms with E-state index in [-0.39, 0.29) is 16.5 Å². The van der Waals surface area contributed by atoms with Gasteiger partial charge in [-0.1, -0.05) is 23.6 Å². The maximum absolute atomic E-state index is 13.6. The number of carbonyl (C=O) groups excluding carboxylic acids is 1. The second-order valence-corrected chi connectivity index (χ2v) is 5.71. The number of benzene rings is 1. The van der Waals surface area contributed by atoms with Gasteiger partial charge in [0.05, 0.1) is 16.8 Å². The lowest BCUT2D eigenvalue weighted by Gasteiger charge is -2.13. The third kappa shape index (κ3) is 3.78. The van der Waals surface area contributed by atoms with Crippen LogP contribution in [0.2, 0.25) is 5.02 Å². The molecule has 2 heterocycles. The van der Waals surface area contributed by atoms with Crippen molar-refractivity contribution in [3.8, 4) is 18.2 Å². The van der Waals surface area contributed by atoms with Crippen LogP contribution in [0.25, 0.3) is 5.82 Å². The van der Waals surface area contributed by atoms with E-state index in [1.807, 2.05) is 0 Å². The first-order valence-electron chi connectivity index (χ1n) is 7.45. The number of halogens is 4. The van der Waals surface area contributed by atoms with Gasteiger partial charge >= 0.3 is 6.18 Å². The van der Waals surface area contributed by atoms with Crippen LogP contribution in [0.4, 0.5) is 18.9 Å². The van der Waals surface area contributed by atoms with Crippen molar-refractivity contribution in [3.63, 3.8) is 0 Å². The zero-order valence-corrected chi connectivity index (χ0v) is 14.2. The molecular weight excluding hydrogens is 381 g/mol. The molecule has 3 aromatic rings. The quantitative estimate of drug-likeness (QED) is 0.683. The standard InChI is InChI=1S/C18H10ClF3N4O/c1-2-11-5-3-6-12(9-11)25-17(27)13-10-24-26(15(13)18(20,21)22)16-14(19)7-4-8-23-16/h1,3-10H,(H,25,27). The summed E-state index contributed by atoms with van der Waals surface area (Å²) in [6.45, 7) is 0. The molecular formula is C18H10ClF3N4O. The Morgan fingerprint density at radius 1 is 1.26 bits per heavy atom. The van der Waals surface area contributed by atoms with E-state index in [1.54, 1.807) is 12.1 Å². The molecule has 9 heteroatoms. The SMILES string of the molecule is C#Cc1cccc(NC(=O)c2cnn(-c3ncccc3Cl)c2C(F)(F)F)c1. The average molecular weight is 391 g/mol. The number of nitrogens with one attached hydrogen (secondary N) is 1. The number of carbonyl (C=O) groups is 1. The number of anilines is 1. The van der Waals surface area contributed by atoms with Crippen LogP contribution < -0.4 is 5.32 Å². The maximum atomic E-state index is 13.6. The van der Waals surface area contributed by atoms with Crippen LogP contribution in [0.15, 0.2) is 48.8 Å². The van der Waals surface area contributed by atoms with Crippen molar-refractivity contribution in [1.82, 2.24) is 14.8 Å². The number of nitrogens with zero attached hydrogens (tertiary/aromatic N) is 3. The summed E-state index contributed by atoms with van der Waals surface area (Å²) < 4.78 is 41.4. The highest BCUT2D eigenvalue weighted by molar-refractivity contribution is 6.32. The van der Waals surface area contributed by atoms with Gasteiger partial charge in [-0.25, -0.2) is 9.67 Å². The molecule has 27 heavy (non-hydrogen) atoms. The number of alkyl halides is 3. The highest BCUT2D eigenvalue weighted by Gasteiger charge is 2.41. The summed E-state index contributed by atoms with van der Waals surface area (Å²) in [4.78, 5) is 16.3. The van der Waals surface area contributed by atoms with Crippen molar-refractivity contribution >= 4 is 23.2 Å². The topological polar surface area (TPSA) is 59.8 Å². The summed E-state index contributed by atoms with van der Waals surface area (Å²) in [7, 11) is 0. The van der Waals surface area contributed by atoms with Crippen molar-refractivity contribution in [3.05, 3.63) is 70.6 Å². The number of hydrogen-bond donors (Lipinski definition) is 1. The largest absolute Gasteiger partial charge is 0.434 e. The Morgan fingerprint density at radius 2 is 2.04 bits per heavy atom. The van der Waals surface area contributed by atoms with E-state index in [2.05, 4.69) is 21.3 Å². The third-order valence-electron chi connectivity index (χ3n) is 3.51. The van der Waals surface area contributed by atoms with Gasteiger partial charge in [0, 0.05) is 17.4 Å². The number of terminal acetylenes is 1. The van der Waals surface area contributed by atoms with Crippen molar-refractivity contribution < 1.29 is 18.0 Å². The van der Waals surface area contributed by atoms with Gasteiger partial charge in [0.1, 0.15) is 0 Å². The molecule has 0 spiro atoms. The Morgan fingerprint density at radius 3 is 2.70 bits per heavy atom. The van der Waals surface area contributed by atoms with Crippen molar-refractivity contribution in [1.29, 1.82) is 0 Å². The second kappa shape index (κ2) is 7.13. The summed E-state index contributed by atoms with van der Waals surface area (Å²) in [5, 5.41) is 6.01. The number of pyridine rings is 1. The minimum atomic E-state index is -4.87. The molecule has 5 nitrogen and oxygen atoms in total. The second-order valence-electron chi connectivity index (χ2n) is 5.30. The number of hydrogen-bond acceptors (Lipinski definition) is 3. The molecule has 0 aliphatic rings. The zero-order chi connectivity index (χ0) is 19.6. The van der Waals surface area contributed by atoms with Crippen LogP contribution in [0, 0.1) is 12.3 Å². The molecule has 0 fully saturated rings. The fourth-order valence-corrected chi connectivity index (χ4v) is 2.57. The molecule has 0 radical (unpaired) electrons. The molecule has 0 saturated heterocycles. The van der Waals surface area contributed by atoms with Gasteiger partial charge in [0.2, 0.25) is 0 Å². The average Bonchev–Trinajstić information content (AvgIpc) is 3.07. The normalized spacial score (nSPS) is 11.1. The third-order valence-corrected chi connectivity index (χ3v) is 3.80. The van der Waals surface area contributed by atoms with Crippen molar-refractivity contribution in [2.24, 2.45) is 0 Å². The van der Waals surface area contributed by atoms with E-state index >= 15 is 0 Å². The predicted molar refractivity (Wildman–Crippen MR) is 93.7 cm³/mol. The van der Waals surface area contributed by atoms with Crippen LogP contribution in [0.3, 0.4) is 0 Å². The Kier molecular flexibility index (Phi) is 4.88. The highest BCUT2D eigenvalue weighted by atomic mass is 35.5. The summed E-state index contributed by atoms with van der Waals surface area (Å²) in [5.74, 6) is 1.15. The number of rotatable bonds is 3. The monoisotopic (exact) mass is 390 g/mol. The van der Waals surface area contributed by atoms with E-state index in [0.29, 0.717) is 10.2 Å². The lowest BCUT2D eigenvalue weighted by molar-refractivity contribution is -0.143. The Labute approximate surface area is 156 Å². The fourth-order valence-electron chi connectivity index (χ4n) is 2.37. The highest BCUT2D eigenvalue weighted by Crippen LogP contribution is 2.34. The number of amides is 1. The molecule has 0 aliphatic carbocycles. The minimum absolute atomic E-state index is 0.0419. The maximum Gasteiger partial charge on any atom is 0.434 e. The molecule has 1 amide bonds.